The first kappa shape index (κ1) is 15.6. The molecule has 0 radical (unpaired) electrons. The van der Waals surface area contributed by atoms with Crippen molar-refractivity contribution in [2.75, 3.05) is 12.9 Å². The normalized spacial score (nSPS) is 10.7. The lowest BCUT2D eigenvalue weighted by atomic mass is 10.3. The van der Waals surface area contributed by atoms with E-state index in [1.165, 1.54) is 23.1 Å². The number of carbonyl (C=O) groups is 2. The topological polar surface area (TPSA) is 84.1 Å². The molecule has 0 aliphatic rings. The van der Waals surface area contributed by atoms with Gasteiger partial charge in [0.25, 0.3) is 5.91 Å². The Morgan fingerprint density at radius 2 is 2.26 bits per heavy atom. The van der Waals surface area contributed by atoms with Crippen molar-refractivity contribution in [3.8, 4) is 5.75 Å². The highest BCUT2D eigenvalue weighted by atomic mass is 32.2. The number of benzene rings is 1. The number of aromatic nitrogens is 2. The number of rotatable bonds is 5. The Hall–Kier alpha value is -2.32. The summed E-state index contributed by atoms with van der Waals surface area (Å²) in [5.41, 5.74) is 1.63. The van der Waals surface area contributed by atoms with Gasteiger partial charge in [-0.3, -0.25) is 14.9 Å². The van der Waals surface area contributed by atoms with E-state index >= 15 is 0 Å². The smallest absolute Gasteiger partial charge is 0.267 e. The van der Waals surface area contributed by atoms with Crippen LogP contribution in [-0.4, -0.2) is 34.6 Å². The molecule has 0 spiro atoms. The molecule has 8 heteroatoms. The molecule has 3 rings (SSSR count). The maximum absolute atomic E-state index is 11.8. The molecule has 2 heterocycles. The van der Waals surface area contributed by atoms with E-state index in [4.69, 9.17) is 4.74 Å². The summed E-state index contributed by atoms with van der Waals surface area (Å²) in [6.07, 6.45) is 0. The number of hydrogen-bond donors (Lipinski definition) is 2. The summed E-state index contributed by atoms with van der Waals surface area (Å²) in [5, 5.41) is 4.76. The Bertz CT molecular complexity index is 843. The van der Waals surface area contributed by atoms with Crippen LogP contribution in [0.4, 0.5) is 0 Å². The molecule has 3 aromatic rings. The zero-order valence-electron chi connectivity index (χ0n) is 12.2. The predicted molar refractivity (Wildman–Crippen MR) is 90.2 cm³/mol. The highest BCUT2D eigenvalue weighted by Gasteiger charge is 2.12. The third kappa shape index (κ3) is 3.72. The number of ether oxygens (including phenoxy) is 1. The zero-order valence-corrected chi connectivity index (χ0v) is 13.8. The molecular weight excluding hydrogens is 334 g/mol. The van der Waals surface area contributed by atoms with Crippen LogP contribution < -0.4 is 10.1 Å². The van der Waals surface area contributed by atoms with Crippen molar-refractivity contribution in [1.29, 1.82) is 0 Å². The van der Waals surface area contributed by atoms with Gasteiger partial charge in [-0.05, 0) is 23.6 Å². The fourth-order valence-electron chi connectivity index (χ4n) is 1.93. The Morgan fingerprint density at radius 3 is 3.00 bits per heavy atom. The average Bonchev–Trinajstić information content (AvgIpc) is 3.21. The quantitative estimate of drug-likeness (QED) is 0.693. The summed E-state index contributed by atoms with van der Waals surface area (Å²) in [6, 6.07) is 8.94. The van der Waals surface area contributed by atoms with E-state index in [1.807, 2.05) is 18.2 Å². The van der Waals surface area contributed by atoms with Crippen LogP contribution in [0.1, 0.15) is 9.67 Å². The third-order valence-corrected chi connectivity index (χ3v) is 4.75. The van der Waals surface area contributed by atoms with Gasteiger partial charge in [0.15, 0.2) is 5.16 Å². The van der Waals surface area contributed by atoms with E-state index in [9.17, 15) is 9.59 Å². The summed E-state index contributed by atoms with van der Waals surface area (Å²) in [5.74, 6) is 0.108. The lowest BCUT2D eigenvalue weighted by Crippen LogP contribution is -2.31. The van der Waals surface area contributed by atoms with Gasteiger partial charge in [0, 0.05) is 6.07 Å². The Kier molecular flexibility index (Phi) is 4.63. The van der Waals surface area contributed by atoms with E-state index in [1.54, 1.807) is 24.6 Å². The van der Waals surface area contributed by atoms with E-state index < -0.39 is 0 Å². The van der Waals surface area contributed by atoms with Gasteiger partial charge in [0.2, 0.25) is 5.91 Å². The van der Waals surface area contributed by atoms with Gasteiger partial charge in [-0.15, -0.1) is 11.3 Å². The van der Waals surface area contributed by atoms with Crippen LogP contribution in [0, 0.1) is 0 Å². The zero-order chi connectivity index (χ0) is 16.2. The number of fused-ring (bicyclic) bond motifs is 1. The highest BCUT2D eigenvalue weighted by molar-refractivity contribution is 7.99. The average molecular weight is 347 g/mol. The SMILES string of the molecule is COc1ccc2nc(SCC(=O)NC(=O)c3cccs3)[nH]c2c1. The van der Waals surface area contributed by atoms with Crippen LogP contribution >= 0.6 is 23.1 Å². The lowest BCUT2D eigenvalue weighted by Gasteiger charge is -2.00. The van der Waals surface area contributed by atoms with Crippen molar-refractivity contribution in [3.63, 3.8) is 0 Å². The largest absolute Gasteiger partial charge is 0.497 e. The first-order chi connectivity index (χ1) is 11.2. The Labute approximate surface area is 140 Å². The van der Waals surface area contributed by atoms with Crippen LogP contribution in [0.15, 0.2) is 40.9 Å². The fourth-order valence-corrected chi connectivity index (χ4v) is 3.23. The second-order valence-corrected chi connectivity index (χ2v) is 6.48. The van der Waals surface area contributed by atoms with Gasteiger partial charge in [-0.1, -0.05) is 17.8 Å². The Balaban J connectivity index is 1.59. The molecule has 0 saturated heterocycles. The molecule has 0 atom stereocenters. The molecule has 2 N–H and O–H groups in total. The standard InChI is InChI=1S/C15H13N3O3S2/c1-21-9-4-5-10-11(7-9)17-15(16-10)23-8-13(19)18-14(20)12-3-2-6-22-12/h2-7H,8H2,1H3,(H,16,17)(H,18,19,20). The predicted octanol–water partition coefficient (Wildman–Crippen LogP) is 2.68. The number of nitrogens with one attached hydrogen (secondary N) is 2. The van der Waals surface area contributed by atoms with Gasteiger partial charge in [-0.25, -0.2) is 4.98 Å². The highest BCUT2D eigenvalue weighted by Crippen LogP contribution is 2.23. The number of hydrogen-bond acceptors (Lipinski definition) is 6. The number of thioether (sulfide) groups is 1. The lowest BCUT2D eigenvalue weighted by molar-refractivity contribution is -0.117. The minimum Gasteiger partial charge on any atom is -0.497 e. The van der Waals surface area contributed by atoms with Crippen LogP contribution in [0.25, 0.3) is 11.0 Å². The molecule has 118 valence electrons. The van der Waals surface area contributed by atoms with Gasteiger partial charge in [0.05, 0.1) is 28.8 Å². The van der Waals surface area contributed by atoms with Gasteiger partial charge >= 0.3 is 0 Å². The van der Waals surface area contributed by atoms with Gasteiger partial charge in [-0.2, -0.15) is 0 Å². The first-order valence-electron chi connectivity index (χ1n) is 6.70. The van der Waals surface area contributed by atoms with Crippen LogP contribution in [0.2, 0.25) is 0 Å². The van der Waals surface area contributed by atoms with E-state index in [0.29, 0.717) is 10.0 Å². The number of imide groups is 1. The molecule has 0 aliphatic heterocycles. The second kappa shape index (κ2) is 6.84. The Morgan fingerprint density at radius 1 is 1.39 bits per heavy atom. The molecule has 0 fully saturated rings. The molecule has 2 aromatic heterocycles. The van der Waals surface area contributed by atoms with E-state index in [-0.39, 0.29) is 17.6 Å². The molecule has 0 saturated carbocycles. The number of carbonyl (C=O) groups excluding carboxylic acids is 2. The summed E-state index contributed by atoms with van der Waals surface area (Å²) in [7, 11) is 1.60. The van der Waals surface area contributed by atoms with Crippen molar-refractivity contribution in [2.24, 2.45) is 0 Å². The fraction of sp³-hybridized carbons (Fsp3) is 0.133. The molecule has 1 aromatic carbocycles. The number of thiophene rings is 1. The first-order valence-corrected chi connectivity index (χ1v) is 8.56. The number of H-pyrrole nitrogens is 1. The summed E-state index contributed by atoms with van der Waals surface area (Å²) in [4.78, 5) is 31.6. The summed E-state index contributed by atoms with van der Waals surface area (Å²) in [6.45, 7) is 0. The van der Waals surface area contributed by atoms with Crippen molar-refractivity contribution in [2.45, 2.75) is 5.16 Å². The van der Waals surface area contributed by atoms with Crippen molar-refractivity contribution >= 4 is 45.9 Å². The molecule has 23 heavy (non-hydrogen) atoms. The molecule has 0 bridgehead atoms. The maximum atomic E-state index is 11.8. The minimum atomic E-state index is -0.375. The number of aromatic amines is 1. The molecule has 0 aliphatic carbocycles. The van der Waals surface area contributed by atoms with Crippen LogP contribution in [-0.2, 0) is 4.79 Å². The number of amides is 2. The van der Waals surface area contributed by atoms with Crippen LogP contribution in [0.5, 0.6) is 5.75 Å². The number of nitrogens with zero attached hydrogens (tertiary/aromatic N) is 1. The number of imidazole rings is 1. The summed E-state index contributed by atoms with van der Waals surface area (Å²) >= 11 is 2.53. The maximum Gasteiger partial charge on any atom is 0.267 e. The van der Waals surface area contributed by atoms with Gasteiger partial charge < -0.3 is 9.72 Å². The van der Waals surface area contributed by atoms with Crippen molar-refractivity contribution < 1.29 is 14.3 Å². The molecular formula is C15H13N3O3S2. The third-order valence-electron chi connectivity index (χ3n) is 3.01. The molecule has 6 nitrogen and oxygen atoms in total. The minimum absolute atomic E-state index is 0.105. The second-order valence-electron chi connectivity index (χ2n) is 4.57. The molecule has 2 amide bonds. The van der Waals surface area contributed by atoms with E-state index in [2.05, 4.69) is 15.3 Å². The van der Waals surface area contributed by atoms with Gasteiger partial charge in [0.1, 0.15) is 5.75 Å². The van der Waals surface area contributed by atoms with E-state index in [0.717, 1.165) is 16.8 Å². The van der Waals surface area contributed by atoms with Crippen LogP contribution in [0.3, 0.4) is 0 Å². The molecule has 0 unspecified atom stereocenters. The van der Waals surface area contributed by atoms with Crippen molar-refractivity contribution in [1.82, 2.24) is 15.3 Å². The summed E-state index contributed by atoms with van der Waals surface area (Å²) < 4.78 is 5.15. The number of methoxy groups -OCH3 is 1. The van der Waals surface area contributed by atoms with Crippen molar-refractivity contribution in [3.05, 3.63) is 40.6 Å². The monoisotopic (exact) mass is 347 g/mol.